The molecule has 26 heavy (non-hydrogen) atoms. The molecular formula is C20H18ClFN2O2. The summed E-state index contributed by atoms with van der Waals surface area (Å²) in [4.78, 5) is 7.88. The van der Waals surface area contributed by atoms with Crippen molar-refractivity contribution in [2.75, 3.05) is 0 Å². The number of aromatic nitrogens is 2. The van der Waals surface area contributed by atoms with Crippen molar-refractivity contribution in [1.29, 1.82) is 0 Å². The van der Waals surface area contributed by atoms with E-state index in [-0.39, 0.29) is 17.6 Å². The normalized spacial score (nSPS) is 10.7. The number of hydrogen-bond donors (Lipinski definition) is 0. The molecule has 0 unspecified atom stereocenters. The molecule has 1 aromatic heterocycles. The van der Waals surface area contributed by atoms with Crippen LogP contribution in [-0.4, -0.2) is 9.97 Å². The van der Waals surface area contributed by atoms with E-state index in [4.69, 9.17) is 21.1 Å². The maximum atomic E-state index is 14.4. The van der Waals surface area contributed by atoms with Gasteiger partial charge in [0.15, 0.2) is 11.6 Å². The highest BCUT2D eigenvalue weighted by molar-refractivity contribution is 6.28. The third-order valence-electron chi connectivity index (χ3n) is 3.97. The van der Waals surface area contributed by atoms with Crippen molar-refractivity contribution in [1.82, 2.24) is 9.97 Å². The summed E-state index contributed by atoms with van der Waals surface area (Å²) in [7, 11) is 0. The van der Waals surface area contributed by atoms with E-state index >= 15 is 0 Å². The molecule has 0 atom stereocenters. The maximum Gasteiger partial charge on any atom is 0.225 e. The molecule has 0 aliphatic rings. The molecule has 0 saturated carbocycles. The third-order valence-corrected chi connectivity index (χ3v) is 4.16. The Bertz CT molecular complexity index is 947. The molecule has 0 aliphatic carbocycles. The molecule has 0 amide bonds. The van der Waals surface area contributed by atoms with E-state index in [1.54, 1.807) is 18.3 Å². The van der Waals surface area contributed by atoms with Gasteiger partial charge >= 0.3 is 0 Å². The van der Waals surface area contributed by atoms with Gasteiger partial charge in [0.05, 0.1) is 0 Å². The minimum Gasteiger partial charge on any atom is -0.472 e. The summed E-state index contributed by atoms with van der Waals surface area (Å²) in [6.07, 6.45) is 1.58. The van der Waals surface area contributed by atoms with Crippen LogP contribution in [0, 0.1) is 26.6 Å². The van der Waals surface area contributed by atoms with E-state index in [1.807, 2.05) is 39.0 Å². The smallest absolute Gasteiger partial charge is 0.225 e. The Labute approximate surface area is 156 Å². The van der Waals surface area contributed by atoms with Gasteiger partial charge in [-0.15, -0.1) is 0 Å². The van der Waals surface area contributed by atoms with Gasteiger partial charge in [-0.3, -0.25) is 0 Å². The zero-order valence-corrected chi connectivity index (χ0v) is 15.5. The number of hydrogen-bond acceptors (Lipinski definition) is 4. The fourth-order valence-electron chi connectivity index (χ4n) is 2.33. The second-order valence-electron chi connectivity index (χ2n) is 6.03. The van der Waals surface area contributed by atoms with Gasteiger partial charge in [-0.05, 0) is 73.3 Å². The largest absolute Gasteiger partial charge is 0.472 e. The summed E-state index contributed by atoms with van der Waals surface area (Å²) in [5.41, 5.74) is 3.66. The van der Waals surface area contributed by atoms with Crippen molar-refractivity contribution in [3.05, 3.63) is 75.9 Å². The van der Waals surface area contributed by atoms with Crippen molar-refractivity contribution in [2.45, 2.75) is 27.4 Å². The molecular weight excluding hydrogens is 355 g/mol. The van der Waals surface area contributed by atoms with Crippen LogP contribution in [0.2, 0.25) is 5.28 Å². The molecule has 0 spiro atoms. The Morgan fingerprint density at radius 1 is 1.00 bits per heavy atom. The highest BCUT2D eigenvalue weighted by atomic mass is 35.5. The monoisotopic (exact) mass is 372 g/mol. The third kappa shape index (κ3) is 4.29. The van der Waals surface area contributed by atoms with Gasteiger partial charge in [-0.25, -0.2) is 9.37 Å². The first-order chi connectivity index (χ1) is 12.4. The highest BCUT2D eigenvalue weighted by Crippen LogP contribution is 2.27. The lowest BCUT2D eigenvalue weighted by Gasteiger charge is -2.11. The molecule has 0 saturated heterocycles. The first-order valence-electron chi connectivity index (χ1n) is 8.08. The SMILES string of the molecule is Cc1ccc(Oc2ccc(COc3nc(Cl)ncc3C)cc2F)cc1C. The summed E-state index contributed by atoms with van der Waals surface area (Å²) in [5.74, 6) is 0.683. The molecule has 1 heterocycles. The fourth-order valence-corrected chi connectivity index (χ4v) is 2.45. The topological polar surface area (TPSA) is 44.2 Å². The zero-order valence-electron chi connectivity index (χ0n) is 14.7. The lowest BCUT2D eigenvalue weighted by Crippen LogP contribution is -2.01. The quantitative estimate of drug-likeness (QED) is 0.549. The van der Waals surface area contributed by atoms with E-state index in [9.17, 15) is 4.39 Å². The van der Waals surface area contributed by atoms with Crippen LogP contribution in [0.3, 0.4) is 0 Å². The molecule has 3 rings (SSSR count). The van der Waals surface area contributed by atoms with E-state index in [0.29, 0.717) is 17.2 Å². The van der Waals surface area contributed by atoms with Gasteiger partial charge in [-0.2, -0.15) is 4.98 Å². The zero-order chi connectivity index (χ0) is 18.7. The molecule has 6 heteroatoms. The number of nitrogens with zero attached hydrogens (tertiary/aromatic N) is 2. The Morgan fingerprint density at radius 3 is 2.54 bits per heavy atom. The van der Waals surface area contributed by atoms with Crippen LogP contribution in [0.15, 0.2) is 42.6 Å². The number of halogens is 2. The van der Waals surface area contributed by atoms with Crippen molar-refractivity contribution in [3.63, 3.8) is 0 Å². The van der Waals surface area contributed by atoms with Crippen LogP contribution in [-0.2, 0) is 6.61 Å². The molecule has 0 N–H and O–H groups in total. The number of aryl methyl sites for hydroxylation is 3. The minimum absolute atomic E-state index is 0.105. The van der Waals surface area contributed by atoms with Crippen LogP contribution >= 0.6 is 11.6 Å². The Kier molecular flexibility index (Phi) is 5.38. The van der Waals surface area contributed by atoms with Crippen molar-refractivity contribution < 1.29 is 13.9 Å². The number of ether oxygens (including phenoxy) is 2. The average Bonchev–Trinajstić information content (AvgIpc) is 2.61. The van der Waals surface area contributed by atoms with Gasteiger partial charge in [0.25, 0.3) is 0 Å². The van der Waals surface area contributed by atoms with Crippen molar-refractivity contribution in [2.24, 2.45) is 0 Å². The van der Waals surface area contributed by atoms with Crippen LogP contribution in [0.5, 0.6) is 17.4 Å². The lowest BCUT2D eigenvalue weighted by atomic mass is 10.1. The Morgan fingerprint density at radius 2 is 1.81 bits per heavy atom. The Hall–Kier alpha value is -2.66. The van der Waals surface area contributed by atoms with Crippen molar-refractivity contribution in [3.8, 4) is 17.4 Å². The van der Waals surface area contributed by atoms with Gasteiger partial charge in [0.2, 0.25) is 11.2 Å². The van der Waals surface area contributed by atoms with E-state index in [0.717, 1.165) is 16.7 Å². The van der Waals surface area contributed by atoms with E-state index < -0.39 is 5.82 Å². The molecule has 3 aromatic rings. The highest BCUT2D eigenvalue weighted by Gasteiger charge is 2.09. The van der Waals surface area contributed by atoms with E-state index in [2.05, 4.69) is 9.97 Å². The van der Waals surface area contributed by atoms with Crippen LogP contribution < -0.4 is 9.47 Å². The second-order valence-corrected chi connectivity index (χ2v) is 6.37. The molecule has 134 valence electrons. The second kappa shape index (κ2) is 7.70. The molecule has 4 nitrogen and oxygen atoms in total. The molecule has 0 radical (unpaired) electrons. The molecule has 0 aliphatic heterocycles. The predicted octanol–water partition coefficient (Wildman–Crippen LogP) is 5.57. The predicted molar refractivity (Wildman–Crippen MR) is 98.5 cm³/mol. The van der Waals surface area contributed by atoms with Crippen LogP contribution in [0.25, 0.3) is 0 Å². The number of benzene rings is 2. The standard InChI is InChI=1S/C20H18ClFN2O2/c1-12-4-6-16(8-13(12)2)26-18-7-5-15(9-17(18)22)11-25-19-14(3)10-23-20(21)24-19/h4-10H,11H2,1-3H3. The minimum atomic E-state index is -0.457. The number of rotatable bonds is 5. The summed E-state index contributed by atoms with van der Waals surface area (Å²) in [5, 5.41) is 0.105. The lowest BCUT2D eigenvalue weighted by molar-refractivity contribution is 0.290. The van der Waals surface area contributed by atoms with Crippen molar-refractivity contribution >= 4 is 11.6 Å². The Balaban J connectivity index is 1.70. The summed E-state index contributed by atoms with van der Waals surface area (Å²) < 4.78 is 25.6. The first kappa shape index (κ1) is 18.1. The van der Waals surface area contributed by atoms with Crippen LogP contribution in [0.1, 0.15) is 22.3 Å². The molecule has 2 aromatic carbocycles. The summed E-state index contributed by atoms with van der Waals surface area (Å²) >= 11 is 5.76. The fraction of sp³-hybridized carbons (Fsp3) is 0.200. The van der Waals surface area contributed by atoms with E-state index in [1.165, 1.54) is 6.07 Å². The average molecular weight is 373 g/mol. The maximum absolute atomic E-state index is 14.4. The van der Waals surface area contributed by atoms with Gasteiger partial charge < -0.3 is 9.47 Å². The first-order valence-corrected chi connectivity index (χ1v) is 8.45. The van der Waals surface area contributed by atoms with Crippen LogP contribution in [0.4, 0.5) is 4.39 Å². The van der Waals surface area contributed by atoms with Gasteiger partial charge in [-0.1, -0.05) is 12.1 Å². The summed E-state index contributed by atoms with van der Waals surface area (Å²) in [6.45, 7) is 5.98. The van der Waals surface area contributed by atoms with Gasteiger partial charge in [0, 0.05) is 11.8 Å². The van der Waals surface area contributed by atoms with Gasteiger partial charge in [0.1, 0.15) is 12.4 Å². The molecule has 0 bridgehead atoms. The summed E-state index contributed by atoms with van der Waals surface area (Å²) in [6, 6.07) is 10.4. The molecule has 0 fully saturated rings.